The van der Waals surface area contributed by atoms with Crippen LogP contribution in [-0.4, -0.2) is 20.1 Å². The van der Waals surface area contributed by atoms with E-state index in [1.165, 1.54) is 4.80 Å². The molecular formula is C7H13N3O. The normalized spacial score (nSPS) is 13.5. The van der Waals surface area contributed by atoms with E-state index < -0.39 is 6.10 Å². The van der Waals surface area contributed by atoms with Gasteiger partial charge >= 0.3 is 0 Å². The van der Waals surface area contributed by atoms with Crippen molar-refractivity contribution in [3.63, 3.8) is 0 Å². The van der Waals surface area contributed by atoms with Gasteiger partial charge in [0.2, 0.25) is 0 Å². The van der Waals surface area contributed by atoms with Crippen LogP contribution in [0, 0.1) is 0 Å². The van der Waals surface area contributed by atoms with Crippen LogP contribution in [0.2, 0.25) is 0 Å². The lowest BCUT2D eigenvalue weighted by Gasteiger charge is -1.98. The second-order valence-corrected chi connectivity index (χ2v) is 2.55. The Morgan fingerprint density at radius 3 is 2.55 bits per heavy atom. The Morgan fingerprint density at radius 2 is 2.18 bits per heavy atom. The highest BCUT2D eigenvalue weighted by Crippen LogP contribution is 2.12. The fourth-order valence-electron chi connectivity index (χ4n) is 1.04. The molecule has 4 nitrogen and oxygen atoms in total. The Hall–Kier alpha value is -0.900. The average molecular weight is 155 g/mol. The highest BCUT2D eigenvalue weighted by molar-refractivity contribution is 5.10. The lowest BCUT2D eigenvalue weighted by molar-refractivity contribution is 0.192. The van der Waals surface area contributed by atoms with Crippen molar-refractivity contribution in [2.24, 2.45) is 7.05 Å². The van der Waals surface area contributed by atoms with Crippen molar-refractivity contribution in [1.82, 2.24) is 15.0 Å². The molecule has 0 fully saturated rings. The van der Waals surface area contributed by atoms with Gasteiger partial charge in [-0.3, -0.25) is 0 Å². The minimum atomic E-state index is -0.515. The van der Waals surface area contributed by atoms with Gasteiger partial charge in [0.15, 0.2) is 0 Å². The molecule has 4 heteroatoms. The van der Waals surface area contributed by atoms with Crippen LogP contribution < -0.4 is 0 Å². The van der Waals surface area contributed by atoms with Crippen molar-refractivity contribution < 1.29 is 5.11 Å². The first-order chi connectivity index (χ1) is 5.15. The summed E-state index contributed by atoms with van der Waals surface area (Å²) in [6.07, 6.45) is 0.298. The number of rotatable bonds is 2. The lowest BCUT2D eigenvalue weighted by atomic mass is 10.2. The molecule has 0 aliphatic heterocycles. The van der Waals surface area contributed by atoms with Crippen LogP contribution in [0.3, 0.4) is 0 Å². The van der Waals surface area contributed by atoms with Gasteiger partial charge in [0.1, 0.15) is 5.69 Å². The molecule has 62 valence electrons. The molecule has 1 aromatic rings. The van der Waals surface area contributed by atoms with E-state index in [9.17, 15) is 5.11 Å². The fourth-order valence-corrected chi connectivity index (χ4v) is 1.04. The third-order valence-electron chi connectivity index (χ3n) is 1.54. The number of hydrogen-bond donors (Lipinski definition) is 1. The van der Waals surface area contributed by atoms with Crippen molar-refractivity contribution >= 4 is 0 Å². The molecule has 0 saturated heterocycles. The fraction of sp³-hybridized carbons (Fsp3) is 0.714. The number of aliphatic hydroxyl groups excluding tert-OH is 1. The largest absolute Gasteiger partial charge is 0.387 e. The van der Waals surface area contributed by atoms with Crippen LogP contribution in [0.15, 0.2) is 0 Å². The molecule has 0 radical (unpaired) electrons. The van der Waals surface area contributed by atoms with E-state index in [1.807, 2.05) is 6.92 Å². The van der Waals surface area contributed by atoms with E-state index in [2.05, 4.69) is 10.2 Å². The van der Waals surface area contributed by atoms with Gasteiger partial charge in [0.25, 0.3) is 0 Å². The van der Waals surface area contributed by atoms with Crippen LogP contribution in [0.5, 0.6) is 0 Å². The SMILES string of the molecule is CCc1nn(C)nc1C(C)O. The molecule has 0 aliphatic carbocycles. The molecule has 0 amide bonds. The molecule has 1 atom stereocenters. The summed E-state index contributed by atoms with van der Waals surface area (Å²) in [6, 6.07) is 0. The zero-order chi connectivity index (χ0) is 8.43. The maximum atomic E-state index is 9.23. The Labute approximate surface area is 65.8 Å². The summed E-state index contributed by atoms with van der Waals surface area (Å²) in [7, 11) is 1.76. The zero-order valence-electron chi connectivity index (χ0n) is 7.07. The van der Waals surface area contributed by atoms with E-state index in [4.69, 9.17) is 0 Å². The molecule has 1 rings (SSSR count). The summed E-state index contributed by atoms with van der Waals surface area (Å²) >= 11 is 0. The number of aryl methyl sites for hydroxylation is 2. The number of hydrogen-bond acceptors (Lipinski definition) is 3. The number of aliphatic hydroxyl groups is 1. The van der Waals surface area contributed by atoms with E-state index in [1.54, 1.807) is 14.0 Å². The van der Waals surface area contributed by atoms with Crippen LogP contribution in [-0.2, 0) is 13.5 Å². The van der Waals surface area contributed by atoms with E-state index in [0.717, 1.165) is 12.1 Å². The molecule has 0 aromatic carbocycles. The Balaban J connectivity index is 3.02. The second-order valence-electron chi connectivity index (χ2n) is 2.55. The third kappa shape index (κ3) is 1.57. The molecule has 1 unspecified atom stereocenters. The first-order valence-electron chi connectivity index (χ1n) is 3.73. The molecular weight excluding hydrogens is 142 g/mol. The van der Waals surface area contributed by atoms with Gasteiger partial charge in [-0.15, -0.1) is 0 Å². The summed E-state index contributed by atoms with van der Waals surface area (Å²) in [5.74, 6) is 0. The van der Waals surface area contributed by atoms with Crippen molar-refractivity contribution in [3.05, 3.63) is 11.4 Å². The summed E-state index contributed by atoms with van der Waals surface area (Å²) in [6.45, 7) is 3.69. The van der Waals surface area contributed by atoms with Crippen LogP contribution >= 0.6 is 0 Å². The predicted octanol–water partition coefficient (Wildman–Crippen LogP) is 0.431. The van der Waals surface area contributed by atoms with E-state index in [0.29, 0.717) is 5.69 Å². The van der Waals surface area contributed by atoms with Crippen molar-refractivity contribution in [1.29, 1.82) is 0 Å². The van der Waals surface area contributed by atoms with E-state index >= 15 is 0 Å². The number of aromatic nitrogens is 3. The molecule has 0 spiro atoms. The van der Waals surface area contributed by atoms with Gasteiger partial charge in [-0.25, -0.2) is 0 Å². The van der Waals surface area contributed by atoms with Gasteiger partial charge in [-0.05, 0) is 13.3 Å². The van der Waals surface area contributed by atoms with Crippen molar-refractivity contribution in [3.8, 4) is 0 Å². The summed E-state index contributed by atoms with van der Waals surface area (Å²) in [5.41, 5.74) is 1.57. The second kappa shape index (κ2) is 3.00. The summed E-state index contributed by atoms with van der Waals surface area (Å²) in [4.78, 5) is 1.49. The molecule has 0 aliphatic rings. The Morgan fingerprint density at radius 1 is 1.55 bits per heavy atom. The van der Waals surface area contributed by atoms with Crippen LogP contribution in [0.1, 0.15) is 31.3 Å². The standard InChI is InChI=1S/C7H13N3O/c1-4-6-7(5(2)11)9-10(3)8-6/h5,11H,4H2,1-3H3. The van der Waals surface area contributed by atoms with Gasteiger partial charge < -0.3 is 5.11 Å². The van der Waals surface area contributed by atoms with E-state index in [-0.39, 0.29) is 0 Å². The van der Waals surface area contributed by atoms with Gasteiger partial charge in [0, 0.05) is 7.05 Å². The average Bonchev–Trinajstić information content (AvgIpc) is 2.30. The molecule has 11 heavy (non-hydrogen) atoms. The van der Waals surface area contributed by atoms with Gasteiger partial charge in [-0.2, -0.15) is 15.0 Å². The number of nitrogens with zero attached hydrogens (tertiary/aromatic N) is 3. The maximum Gasteiger partial charge on any atom is 0.114 e. The topological polar surface area (TPSA) is 50.9 Å². The molecule has 0 saturated carbocycles. The van der Waals surface area contributed by atoms with Crippen LogP contribution in [0.4, 0.5) is 0 Å². The maximum absolute atomic E-state index is 9.23. The molecule has 1 N–H and O–H groups in total. The van der Waals surface area contributed by atoms with Gasteiger partial charge in [-0.1, -0.05) is 6.92 Å². The molecule has 0 bridgehead atoms. The monoisotopic (exact) mass is 155 g/mol. The minimum absolute atomic E-state index is 0.515. The first kappa shape index (κ1) is 8.20. The quantitative estimate of drug-likeness (QED) is 0.673. The summed E-state index contributed by atoms with van der Waals surface area (Å²) < 4.78 is 0. The summed E-state index contributed by atoms with van der Waals surface area (Å²) in [5, 5.41) is 17.4. The van der Waals surface area contributed by atoms with Crippen LogP contribution in [0.25, 0.3) is 0 Å². The van der Waals surface area contributed by atoms with Crippen molar-refractivity contribution in [2.45, 2.75) is 26.4 Å². The predicted molar refractivity (Wildman–Crippen MR) is 41.0 cm³/mol. The third-order valence-corrected chi connectivity index (χ3v) is 1.54. The minimum Gasteiger partial charge on any atom is -0.387 e. The Bertz CT molecular complexity index is 242. The molecule has 1 aromatic heterocycles. The van der Waals surface area contributed by atoms with Gasteiger partial charge in [0.05, 0.1) is 11.8 Å². The highest BCUT2D eigenvalue weighted by atomic mass is 16.3. The first-order valence-corrected chi connectivity index (χ1v) is 3.73. The smallest absolute Gasteiger partial charge is 0.114 e. The zero-order valence-corrected chi connectivity index (χ0v) is 7.07. The Kier molecular flexibility index (Phi) is 2.24. The highest BCUT2D eigenvalue weighted by Gasteiger charge is 2.11. The lowest BCUT2D eigenvalue weighted by Crippen LogP contribution is -1.97. The molecule has 1 heterocycles. The van der Waals surface area contributed by atoms with Crippen molar-refractivity contribution in [2.75, 3.05) is 0 Å².